The maximum Gasteiger partial charge on any atom is 0.416 e. The molecular weight excluding hydrogens is 429 g/mol. The van der Waals surface area contributed by atoms with Crippen molar-refractivity contribution in [2.45, 2.75) is 31.5 Å². The number of aromatic nitrogens is 1. The Morgan fingerprint density at radius 2 is 1.88 bits per heavy atom. The number of aryl methyl sites for hydroxylation is 1. The smallest absolute Gasteiger partial charge is 0.355 e. The summed E-state index contributed by atoms with van der Waals surface area (Å²) in [5.41, 5.74) is 1.53. The third kappa shape index (κ3) is 5.63. The number of likely N-dealkylation sites (N-methyl/N-ethyl adjacent to an activating group) is 1. The second-order valence-corrected chi connectivity index (χ2v) is 8.67. The van der Waals surface area contributed by atoms with Crippen molar-refractivity contribution in [3.63, 3.8) is 0 Å². The van der Waals surface area contributed by atoms with E-state index in [4.69, 9.17) is 4.98 Å². The molecule has 4 rings (SSSR count). The SMILES string of the molecule is CN(C)C1CCN(c2ccc3cc(NC(=O)CCc4ccc(C(F)(F)F)cc4)ccc3n2)C1. The number of fused-ring (bicyclic) bond motifs is 1. The van der Waals surface area contributed by atoms with E-state index in [1.807, 2.05) is 30.3 Å². The molecule has 2 heterocycles. The normalized spacial score (nSPS) is 16.5. The molecule has 3 aromatic rings. The lowest BCUT2D eigenvalue weighted by Crippen LogP contribution is -2.31. The number of hydrogen-bond acceptors (Lipinski definition) is 4. The van der Waals surface area contributed by atoms with Gasteiger partial charge in [0.05, 0.1) is 11.1 Å². The Balaban J connectivity index is 1.35. The number of amides is 1. The molecule has 1 aliphatic heterocycles. The largest absolute Gasteiger partial charge is 0.416 e. The Morgan fingerprint density at radius 3 is 2.55 bits per heavy atom. The molecular formula is C25H27F3N4O. The molecule has 1 unspecified atom stereocenters. The van der Waals surface area contributed by atoms with Crippen molar-refractivity contribution in [1.29, 1.82) is 0 Å². The predicted molar refractivity (Wildman–Crippen MR) is 124 cm³/mol. The zero-order chi connectivity index (χ0) is 23.6. The monoisotopic (exact) mass is 456 g/mol. The number of rotatable bonds is 6. The van der Waals surface area contributed by atoms with Gasteiger partial charge >= 0.3 is 6.18 Å². The van der Waals surface area contributed by atoms with Crippen molar-refractivity contribution in [3.05, 3.63) is 65.7 Å². The minimum Gasteiger partial charge on any atom is -0.355 e. The minimum absolute atomic E-state index is 0.183. The van der Waals surface area contributed by atoms with Crippen molar-refractivity contribution < 1.29 is 18.0 Å². The number of nitrogens with one attached hydrogen (secondary N) is 1. The summed E-state index contributed by atoms with van der Waals surface area (Å²) in [6.07, 6.45) is -2.69. The second kappa shape index (κ2) is 9.39. The first-order valence-electron chi connectivity index (χ1n) is 11.0. The molecule has 1 saturated heterocycles. The number of pyridine rings is 1. The van der Waals surface area contributed by atoms with Crippen LogP contribution >= 0.6 is 0 Å². The highest BCUT2D eigenvalue weighted by atomic mass is 19.4. The topological polar surface area (TPSA) is 48.5 Å². The molecule has 0 spiro atoms. The second-order valence-electron chi connectivity index (χ2n) is 8.67. The van der Waals surface area contributed by atoms with Gasteiger partial charge < -0.3 is 15.1 Å². The lowest BCUT2D eigenvalue weighted by Gasteiger charge is -2.21. The fourth-order valence-electron chi connectivity index (χ4n) is 4.08. The van der Waals surface area contributed by atoms with Crippen LogP contribution in [-0.4, -0.2) is 49.0 Å². The summed E-state index contributed by atoms with van der Waals surface area (Å²) in [4.78, 5) is 21.7. The lowest BCUT2D eigenvalue weighted by atomic mass is 10.1. The molecule has 1 aromatic heterocycles. The molecule has 1 atom stereocenters. The zero-order valence-electron chi connectivity index (χ0n) is 18.7. The quantitative estimate of drug-likeness (QED) is 0.569. The number of hydrogen-bond donors (Lipinski definition) is 1. The van der Waals surface area contributed by atoms with E-state index in [1.165, 1.54) is 12.1 Å². The van der Waals surface area contributed by atoms with E-state index in [0.29, 0.717) is 23.7 Å². The molecule has 0 bridgehead atoms. The number of carbonyl (C=O) groups is 1. The van der Waals surface area contributed by atoms with Crippen LogP contribution in [0.2, 0.25) is 0 Å². The van der Waals surface area contributed by atoms with Crippen LogP contribution in [0.15, 0.2) is 54.6 Å². The van der Waals surface area contributed by atoms with Gasteiger partial charge in [0.15, 0.2) is 0 Å². The van der Waals surface area contributed by atoms with Crippen molar-refractivity contribution in [2.24, 2.45) is 0 Å². The van der Waals surface area contributed by atoms with E-state index in [2.05, 4.69) is 29.2 Å². The summed E-state index contributed by atoms with van der Waals surface area (Å²) in [6, 6.07) is 15.1. The van der Waals surface area contributed by atoms with Crippen molar-refractivity contribution in [1.82, 2.24) is 9.88 Å². The van der Waals surface area contributed by atoms with Crippen LogP contribution in [0.5, 0.6) is 0 Å². The first-order chi connectivity index (χ1) is 15.7. The average molecular weight is 457 g/mol. The number of halogens is 3. The molecule has 174 valence electrons. The van der Waals surface area contributed by atoms with Crippen molar-refractivity contribution >= 4 is 28.3 Å². The highest BCUT2D eigenvalue weighted by Crippen LogP contribution is 2.29. The van der Waals surface area contributed by atoms with E-state index in [0.717, 1.165) is 48.4 Å². The molecule has 2 aromatic carbocycles. The Labute approximate surface area is 191 Å². The Hall–Kier alpha value is -3.13. The highest BCUT2D eigenvalue weighted by molar-refractivity contribution is 5.94. The van der Waals surface area contributed by atoms with Gasteiger partial charge in [0.2, 0.25) is 5.91 Å². The van der Waals surface area contributed by atoms with Crippen LogP contribution in [0, 0.1) is 0 Å². The molecule has 0 saturated carbocycles. The fraction of sp³-hybridized carbons (Fsp3) is 0.360. The number of nitrogens with zero attached hydrogens (tertiary/aromatic N) is 3. The maximum atomic E-state index is 12.7. The first-order valence-corrected chi connectivity index (χ1v) is 11.0. The van der Waals surface area contributed by atoms with E-state index in [9.17, 15) is 18.0 Å². The third-order valence-electron chi connectivity index (χ3n) is 6.10. The van der Waals surface area contributed by atoms with Gasteiger partial charge in [0.25, 0.3) is 0 Å². The summed E-state index contributed by atoms with van der Waals surface area (Å²) in [7, 11) is 4.20. The Bertz CT molecular complexity index is 1130. The van der Waals surface area contributed by atoms with E-state index in [1.54, 1.807) is 0 Å². The van der Waals surface area contributed by atoms with Crippen molar-refractivity contribution in [3.8, 4) is 0 Å². The van der Waals surface area contributed by atoms with Crippen LogP contribution in [0.4, 0.5) is 24.7 Å². The van der Waals surface area contributed by atoms with Crippen molar-refractivity contribution in [2.75, 3.05) is 37.4 Å². The summed E-state index contributed by atoms with van der Waals surface area (Å²) < 4.78 is 38.0. The van der Waals surface area contributed by atoms with Gasteiger partial charge in [-0.25, -0.2) is 4.98 Å². The number of anilines is 2. The molecule has 33 heavy (non-hydrogen) atoms. The lowest BCUT2D eigenvalue weighted by molar-refractivity contribution is -0.137. The van der Waals surface area contributed by atoms with Gasteiger partial charge in [-0.05, 0) is 75.0 Å². The number of alkyl halides is 3. The highest BCUT2D eigenvalue weighted by Gasteiger charge is 2.30. The van der Waals surface area contributed by atoms with Crippen LogP contribution in [-0.2, 0) is 17.4 Å². The van der Waals surface area contributed by atoms with Crippen LogP contribution in [0.25, 0.3) is 10.9 Å². The van der Waals surface area contributed by atoms with Gasteiger partial charge in [-0.3, -0.25) is 4.79 Å². The first kappa shape index (κ1) is 23.0. The standard InChI is InChI=1S/C25H27F3N4O/c1-31(2)21-13-14-32(16-21)23-11-6-18-15-20(9-10-22(18)30-23)29-24(33)12-5-17-3-7-19(8-4-17)25(26,27)28/h3-4,6-11,15,21H,5,12-14,16H2,1-2H3,(H,29,33). The average Bonchev–Trinajstić information content (AvgIpc) is 3.28. The zero-order valence-corrected chi connectivity index (χ0v) is 18.7. The summed E-state index contributed by atoms with van der Waals surface area (Å²) in [5.74, 6) is 0.769. The molecule has 0 aliphatic carbocycles. The van der Waals surface area contributed by atoms with Crippen LogP contribution < -0.4 is 10.2 Å². The Morgan fingerprint density at radius 1 is 1.12 bits per heavy atom. The summed E-state index contributed by atoms with van der Waals surface area (Å²) in [6.45, 7) is 1.94. The number of carbonyl (C=O) groups excluding carboxylic acids is 1. The minimum atomic E-state index is -4.36. The molecule has 1 amide bonds. The van der Waals surface area contributed by atoms with Gasteiger partial charge in [0, 0.05) is 36.6 Å². The molecule has 1 aliphatic rings. The van der Waals surface area contributed by atoms with E-state index in [-0.39, 0.29) is 12.3 Å². The molecule has 1 fully saturated rings. The van der Waals surface area contributed by atoms with Gasteiger partial charge in [-0.1, -0.05) is 12.1 Å². The van der Waals surface area contributed by atoms with Gasteiger partial charge in [0.1, 0.15) is 5.82 Å². The van der Waals surface area contributed by atoms with Gasteiger partial charge in [-0.2, -0.15) is 13.2 Å². The molecule has 5 nitrogen and oxygen atoms in total. The number of benzene rings is 2. The van der Waals surface area contributed by atoms with Gasteiger partial charge in [-0.15, -0.1) is 0 Å². The predicted octanol–water partition coefficient (Wildman–Crippen LogP) is 4.97. The third-order valence-corrected chi connectivity index (χ3v) is 6.10. The van der Waals surface area contributed by atoms with Crippen LogP contribution in [0.3, 0.4) is 0 Å². The maximum absolute atomic E-state index is 12.7. The summed E-state index contributed by atoms with van der Waals surface area (Å²) in [5, 5.41) is 3.80. The van der Waals surface area contributed by atoms with E-state index < -0.39 is 11.7 Å². The van der Waals surface area contributed by atoms with E-state index >= 15 is 0 Å². The molecule has 0 radical (unpaired) electrons. The Kier molecular flexibility index (Phi) is 6.56. The fourth-order valence-corrected chi connectivity index (χ4v) is 4.08. The van der Waals surface area contributed by atoms with Crippen LogP contribution in [0.1, 0.15) is 24.0 Å². The molecule has 1 N–H and O–H groups in total. The molecule has 8 heteroatoms. The summed E-state index contributed by atoms with van der Waals surface area (Å²) >= 11 is 0.